The van der Waals surface area contributed by atoms with Crippen molar-refractivity contribution in [1.29, 1.82) is 10.5 Å². The van der Waals surface area contributed by atoms with Crippen LogP contribution in [-0.4, -0.2) is 19.7 Å². The Morgan fingerprint density at radius 3 is 2.62 bits per heavy atom. The van der Waals surface area contributed by atoms with Gasteiger partial charge in [0.25, 0.3) is 0 Å². The van der Waals surface area contributed by atoms with Gasteiger partial charge >= 0.3 is 0 Å². The first-order valence-electron chi connectivity index (χ1n) is 7.02. The lowest BCUT2D eigenvalue weighted by atomic mass is 9.80. The van der Waals surface area contributed by atoms with Crippen molar-refractivity contribution < 1.29 is 8.42 Å². The van der Waals surface area contributed by atoms with Crippen molar-refractivity contribution in [3.8, 4) is 12.1 Å². The molecular formula is C15H21N3O2S. The molecule has 1 aliphatic carbocycles. The Morgan fingerprint density at radius 2 is 2.10 bits per heavy atom. The predicted octanol–water partition coefficient (Wildman–Crippen LogP) is 2.40. The summed E-state index contributed by atoms with van der Waals surface area (Å²) in [6, 6.07) is 3.93. The van der Waals surface area contributed by atoms with Crippen LogP contribution in [0.1, 0.15) is 40.0 Å². The number of hydrogen-bond donors (Lipinski definition) is 1. The molecule has 0 saturated heterocycles. The molecule has 0 heterocycles. The molecule has 1 rings (SSSR count). The number of sulfonamides is 1. The van der Waals surface area contributed by atoms with E-state index in [2.05, 4.69) is 17.7 Å². The summed E-state index contributed by atoms with van der Waals surface area (Å²) >= 11 is 0. The second-order valence-corrected chi connectivity index (χ2v) is 7.55. The summed E-state index contributed by atoms with van der Waals surface area (Å²) in [6.07, 6.45) is 6.16. The number of rotatable bonds is 6. The molecule has 114 valence electrons. The van der Waals surface area contributed by atoms with Crippen LogP contribution in [0.5, 0.6) is 0 Å². The van der Waals surface area contributed by atoms with Crippen molar-refractivity contribution in [2.24, 2.45) is 5.92 Å². The van der Waals surface area contributed by atoms with Gasteiger partial charge in [-0.3, -0.25) is 0 Å². The first kappa shape index (κ1) is 17.4. The van der Waals surface area contributed by atoms with E-state index in [1.165, 1.54) is 0 Å². The zero-order chi connectivity index (χ0) is 16.1. The molecule has 0 radical (unpaired) electrons. The highest BCUT2D eigenvalue weighted by molar-refractivity contribution is 7.91. The Morgan fingerprint density at radius 1 is 1.43 bits per heavy atom. The van der Waals surface area contributed by atoms with Gasteiger partial charge in [0.1, 0.15) is 4.75 Å². The van der Waals surface area contributed by atoms with Gasteiger partial charge in [-0.2, -0.15) is 10.5 Å². The van der Waals surface area contributed by atoms with Crippen molar-refractivity contribution >= 4 is 10.0 Å². The third-order valence-corrected chi connectivity index (χ3v) is 6.27. The van der Waals surface area contributed by atoms with Crippen LogP contribution in [-0.2, 0) is 10.0 Å². The molecule has 0 saturated carbocycles. The maximum atomic E-state index is 12.4. The molecule has 0 bridgehead atoms. The van der Waals surface area contributed by atoms with E-state index in [-0.39, 0.29) is 6.54 Å². The number of unbranched alkanes of at least 4 members (excludes halogenated alkanes) is 1. The maximum absolute atomic E-state index is 12.4. The zero-order valence-corrected chi connectivity index (χ0v) is 13.5. The number of nitriles is 2. The summed E-state index contributed by atoms with van der Waals surface area (Å²) in [6.45, 7) is 5.14. The van der Waals surface area contributed by atoms with Crippen molar-refractivity contribution in [3.05, 3.63) is 23.3 Å². The van der Waals surface area contributed by atoms with Crippen LogP contribution in [0.3, 0.4) is 0 Å². The van der Waals surface area contributed by atoms with Gasteiger partial charge in [-0.1, -0.05) is 32.4 Å². The minimum absolute atomic E-state index is 0.271. The summed E-state index contributed by atoms with van der Waals surface area (Å²) in [5.74, 6) is -0.449. The molecule has 0 aliphatic heterocycles. The van der Waals surface area contributed by atoms with Crippen molar-refractivity contribution in [1.82, 2.24) is 4.72 Å². The third kappa shape index (κ3) is 3.34. The van der Waals surface area contributed by atoms with Gasteiger partial charge in [0.15, 0.2) is 0 Å². The fourth-order valence-corrected chi connectivity index (χ4v) is 3.82. The molecule has 0 fully saturated rings. The van der Waals surface area contributed by atoms with Gasteiger partial charge in [-0.25, -0.2) is 13.1 Å². The zero-order valence-electron chi connectivity index (χ0n) is 12.7. The lowest BCUT2D eigenvalue weighted by Crippen LogP contribution is -2.48. The standard InChI is InChI=1S/C15H21N3O2S/c1-4-5-6-13-7-8-15(3,12(2)14(13)11-17)21(19,20)18-10-9-16/h7-8,12,18H,4-6,10H2,1-3H3. The van der Waals surface area contributed by atoms with E-state index in [0.717, 1.165) is 24.8 Å². The first-order valence-corrected chi connectivity index (χ1v) is 8.51. The van der Waals surface area contributed by atoms with Crippen molar-refractivity contribution in [2.75, 3.05) is 6.54 Å². The van der Waals surface area contributed by atoms with E-state index in [4.69, 9.17) is 5.26 Å². The highest BCUT2D eigenvalue weighted by Crippen LogP contribution is 2.39. The summed E-state index contributed by atoms with van der Waals surface area (Å²) in [4.78, 5) is 0. The van der Waals surface area contributed by atoms with Gasteiger partial charge < -0.3 is 0 Å². The largest absolute Gasteiger partial charge is 0.222 e. The number of hydrogen-bond acceptors (Lipinski definition) is 4. The van der Waals surface area contributed by atoms with Crippen LogP contribution in [0.15, 0.2) is 23.3 Å². The van der Waals surface area contributed by atoms with E-state index in [1.807, 2.05) is 0 Å². The molecule has 0 aromatic rings. The molecule has 2 unspecified atom stereocenters. The average molecular weight is 307 g/mol. The summed E-state index contributed by atoms with van der Waals surface area (Å²) in [5, 5.41) is 18.0. The van der Waals surface area contributed by atoms with Gasteiger partial charge in [0, 0.05) is 11.5 Å². The Kier molecular flexibility index (Phi) is 5.71. The second-order valence-electron chi connectivity index (χ2n) is 5.38. The van der Waals surface area contributed by atoms with Crippen LogP contribution in [0.2, 0.25) is 0 Å². The van der Waals surface area contributed by atoms with Crippen LogP contribution in [0, 0.1) is 28.6 Å². The molecule has 1 N–H and O–H groups in total. The van der Waals surface area contributed by atoms with Crippen LogP contribution < -0.4 is 4.72 Å². The minimum Gasteiger partial charge on any atom is -0.211 e. The Labute approximate surface area is 127 Å². The molecule has 0 amide bonds. The highest BCUT2D eigenvalue weighted by Gasteiger charge is 2.45. The van der Waals surface area contributed by atoms with E-state index in [0.29, 0.717) is 5.57 Å². The topological polar surface area (TPSA) is 93.8 Å². The maximum Gasteiger partial charge on any atom is 0.222 e. The van der Waals surface area contributed by atoms with Crippen molar-refractivity contribution in [3.63, 3.8) is 0 Å². The molecule has 0 spiro atoms. The number of allylic oxidation sites excluding steroid dienone is 3. The van der Waals surface area contributed by atoms with Gasteiger partial charge in [-0.15, -0.1) is 0 Å². The molecule has 0 aromatic carbocycles. The van der Waals surface area contributed by atoms with Crippen LogP contribution in [0.4, 0.5) is 0 Å². The smallest absolute Gasteiger partial charge is 0.211 e. The fourth-order valence-electron chi connectivity index (χ4n) is 2.42. The van der Waals surface area contributed by atoms with Crippen LogP contribution >= 0.6 is 0 Å². The highest BCUT2D eigenvalue weighted by atomic mass is 32.2. The van der Waals surface area contributed by atoms with Crippen LogP contribution in [0.25, 0.3) is 0 Å². The molecule has 21 heavy (non-hydrogen) atoms. The van der Waals surface area contributed by atoms with Gasteiger partial charge in [0.2, 0.25) is 10.0 Å². The van der Waals surface area contributed by atoms with E-state index < -0.39 is 20.7 Å². The summed E-state index contributed by atoms with van der Waals surface area (Å²) < 4.78 is 25.9. The quantitative estimate of drug-likeness (QED) is 0.762. The average Bonchev–Trinajstić information content (AvgIpc) is 2.46. The first-order chi connectivity index (χ1) is 9.84. The third-order valence-electron chi connectivity index (χ3n) is 4.09. The Hall–Kier alpha value is -1.63. The van der Waals surface area contributed by atoms with Crippen molar-refractivity contribution in [2.45, 2.75) is 44.8 Å². The summed E-state index contributed by atoms with van der Waals surface area (Å²) in [5.41, 5.74) is 1.44. The summed E-state index contributed by atoms with van der Waals surface area (Å²) in [7, 11) is -3.73. The SMILES string of the molecule is CCCCC1=C(C#N)C(C)C(C)(S(=O)(=O)NCC#N)C=C1. The van der Waals surface area contributed by atoms with E-state index >= 15 is 0 Å². The minimum atomic E-state index is -3.73. The number of nitrogens with one attached hydrogen (secondary N) is 1. The molecular weight excluding hydrogens is 286 g/mol. The molecule has 0 aromatic heterocycles. The predicted molar refractivity (Wildman–Crippen MR) is 81.4 cm³/mol. The molecule has 1 aliphatic rings. The van der Waals surface area contributed by atoms with Gasteiger partial charge in [-0.05, 0) is 25.3 Å². The Balaban J connectivity index is 3.18. The van der Waals surface area contributed by atoms with E-state index in [1.54, 1.807) is 32.1 Å². The molecule has 5 nitrogen and oxygen atoms in total. The Bertz CT molecular complexity index is 635. The number of nitrogens with zero attached hydrogens (tertiary/aromatic N) is 2. The monoisotopic (exact) mass is 307 g/mol. The lowest BCUT2D eigenvalue weighted by Gasteiger charge is -2.35. The van der Waals surface area contributed by atoms with Gasteiger partial charge in [0.05, 0.1) is 18.7 Å². The fraction of sp³-hybridized carbons (Fsp3) is 0.600. The second kappa shape index (κ2) is 6.89. The normalized spacial score (nSPS) is 25.5. The molecule has 6 heteroatoms. The lowest BCUT2D eigenvalue weighted by molar-refractivity contribution is 0.493. The van der Waals surface area contributed by atoms with E-state index in [9.17, 15) is 13.7 Å². The molecule has 2 atom stereocenters.